The van der Waals surface area contributed by atoms with Crippen molar-refractivity contribution in [1.29, 1.82) is 0 Å². The molecule has 0 bridgehead atoms. The molecule has 1 nitrogen and oxygen atoms in total. The third-order valence-electron chi connectivity index (χ3n) is 3.01. The van der Waals surface area contributed by atoms with E-state index in [9.17, 15) is 8.78 Å². The van der Waals surface area contributed by atoms with Crippen molar-refractivity contribution in [3.05, 3.63) is 47.5 Å². The average Bonchev–Trinajstić information content (AvgIpc) is 2.67. The van der Waals surface area contributed by atoms with Crippen LogP contribution in [0.2, 0.25) is 0 Å². The van der Waals surface area contributed by atoms with Gasteiger partial charge < -0.3 is 4.42 Å². The average molecular weight is 232 g/mol. The van der Waals surface area contributed by atoms with Crippen molar-refractivity contribution < 1.29 is 13.2 Å². The van der Waals surface area contributed by atoms with E-state index >= 15 is 0 Å². The summed E-state index contributed by atoms with van der Waals surface area (Å²) in [5.41, 5.74) is 2.14. The smallest absolute Gasteiger partial charge is 0.162 e. The number of hydrogen-bond acceptors (Lipinski definition) is 1. The number of aryl methyl sites for hydroxylation is 1. The van der Waals surface area contributed by atoms with Gasteiger partial charge in [-0.05, 0) is 24.1 Å². The maximum absolute atomic E-state index is 13.3. The van der Waals surface area contributed by atoms with Gasteiger partial charge >= 0.3 is 0 Å². The highest BCUT2D eigenvalue weighted by Crippen LogP contribution is 2.32. The largest absolute Gasteiger partial charge is 0.456 e. The summed E-state index contributed by atoms with van der Waals surface area (Å²) in [6.45, 7) is 2.02. The van der Waals surface area contributed by atoms with Crippen LogP contribution in [0.15, 0.2) is 34.7 Å². The number of furan rings is 1. The number of rotatable bonds is 1. The van der Waals surface area contributed by atoms with E-state index in [1.165, 1.54) is 6.07 Å². The van der Waals surface area contributed by atoms with Crippen LogP contribution in [0.1, 0.15) is 12.5 Å². The van der Waals surface area contributed by atoms with Crippen LogP contribution >= 0.6 is 0 Å². The molecular weight excluding hydrogens is 222 g/mol. The molecule has 2 aromatic carbocycles. The van der Waals surface area contributed by atoms with Crippen LogP contribution in [0.25, 0.3) is 21.9 Å². The fraction of sp³-hybridized carbons (Fsp3) is 0.143. The Morgan fingerprint density at radius 3 is 2.59 bits per heavy atom. The zero-order chi connectivity index (χ0) is 12.0. The van der Waals surface area contributed by atoms with Gasteiger partial charge in [-0.15, -0.1) is 0 Å². The lowest BCUT2D eigenvalue weighted by Gasteiger charge is -1.98. The van der Waals surface area contributed by atoms with Gasteiger partial charge in [0.15, 0.2) is 11.6 Å². The van der Waals surface area contributed by atoms with E-state index in [1.807, 2.05) is 25.1 Å². The molecule has 0 aliphatic heterocycles. The highest BCUT2D eigenvalue weighted by atomic mass is 19.2. The lowest BCUT2D eigenvalue weighted by atomic mass is 10.0. The summed E-state index contributed by atoms with van der Waals surface area (Å²) in [5, 5.41) is 1.51. The minimum Gasteiger partial charge on any atom is -0.456 e. The summed E-state index contributed by atoms with van der Waals surface area (Å²) >= 11 is 0. The number of benzene rings is 2. The van der Waals surface area contributed by atoms with Crippen LogP contribution in [0, 0.1) is 11.6 Å². The lowest BCUT2D eigenvalue weighted by molar-refractivity contribution is 0.508. The van der Waals surface area contributed by atoms with Crippen molar-refractivity contribution >= 4 is 21.9 Å². The predicted octanol–water partition coefficient (Wildman–Crippen LogP) is 4.43. The number of fused-ring (bicyclic) bond motifs is 3. The van der Waals surface area contributed by atoms with E-state index < -0.39 is 11.6 Å². The SMILES string of the molecule is CCc1cccc2oc3cc(F)c(F)cc3c12. The minimum absolute atomic E-state index is 0.389. The third-order valence-corrected chi connectivity index (χ3v) is 3.01. The first-order valence-electron chi connectivity index (χ1n) is 5.50. The molecule has 0 aliphatic carbocycles. The predicted molar refractivity (Wildman–Crippen MR) is 63.0 cm³/mol. The Bertz CT molecular complexity index is 713. The molecule has 0 atom stereocenters. The Balaban J connectivity index is 2.53. The van der Waals surface area contributed by atoms with Crippen molar-refractivity contribution in [2.24, 2.45) is 0 Å². The molecule has 0 saturated heterocycles. The van der Waals surface area contributed by atoms with Gasteiger partial charge in [-0.2, -0.15) is 0 Å². The zero-order valence-electron chi connectivity index (χ0n) is 9.26. The molecule has 0 amide bonds. The molecule has 3 rings (SSSR count). The van der Waals surface area contributed by atoms with Crippen molar-refractivity contribution in [2.45, 2.75) is 13.3 Å². The van der Waals surface area contributed by atoms with Crippen LogP contribution in [0.5, 0.6) is 0 Å². The first-order chi connectivity index (χ1) is 8.20. The summed E-state index contributed by atoms with van der Waals surface area (Å²) in [7, 11) is 0. The molecule has 3 aromatic rings. The van der Waals surface area contributed by atoms with Gasteiger partial charge in [0.05, 0.1) is 0 Å². The van der Waals surface area contributed by atoms with E-state index in [0.717, 1.165) is 23.4 Å². The van der Waals surface area contributed by atoms with Crippen LogP contribution in [-0.2, 0) is 6.42 Å². The first-order valence-corrected chi connectivity index (χ1v) is 5.50. The second-order valence-electron chi connectivity index (χ2n) is 4.01. The minimum atomic E-state index is -0.880. The molecule has 0 fully saturated rings. The van der Waals surface area contributed by atoms with Crippen LogP contribution in [0.4, 0.5) is 8.78 Å². The molecule has 0 spiro atoms. The highest BCUT2D eigenvalue weighted by Gasteiger charge is 2.13. The Labute approximate surface area is 96.7 Å². The van der Waals surface area contributed by atoms with Crippen LogP contribution < -0.4 is 0 Å². The van der Waals surface area contributed by atoms with E-state index in [1.54, 1.807) is 0 Å². The van der Waals surface area contributed by atoms with Gasteiger partial charge in [0.1, 0.15) is 11.2 Å². The van der Waals surface area contributed by atoms with Crippen molar-refractivity contribution in [1.82, 2.24) is 0 Å². The molecule has 0 aliphatic rings. The summed E-state index contributed by atoms with van der Waals surface area (Å²) < 4.78 is 31.9. The maximum atomic E-state index is 13.3. The number of hydrogen-bond donors (Lipinski definition) is 0. The topological polar surface area (TPSA) is 13.1 Å². The molecule has 1 heterocycles. The Morgan fingerprint density at radius 1 is 1.06 bits per heavy atom. The molecular formula is C14H10F2O. The monoisotopic (exact) mass is 232 g/mol. The van der Waals surface area contributed by atoms with Gasteiger partial charge in [0, 0.05) is 16.8 Å². The summed E-state index contributed by atoms with van der Waals surface area (Å²) in [6.07, 6.45) is 0.824. The molecule has 17 heavy (non-hydrogen) atoms. The molecule has 3 heteroatoms. The third kappa shape index (κ3) is 1.42. The normalized spacial score (nSPS) is 11.5. The molecule has 0 N–H and O–H groups in total. The molecule has 1 aromatic heterocycles. The van der Waals surface area contributed by atoms with Crippen LogP contribution in [0.3, 0.4) is 0 Å². The Morgan fingerprint density at radius 2 is 1.82 bits per heavy atom. The van der Waals surface area contributed by atoms with Gasteiger partial charge in [0.25, 0.3) is 0 Å². The van der Waals surface area contributed by atoms with Crippen molar-refractivity contribution in [2.75, 3.05) is 0 Å². The van der Waals surface area contributed by atoms with Crippen molar-refractivity contribution in [3.8, 4) is 0 Å². The standard InChI is InChI=1S/C14H10F2O/c1-2-8-4-3-5-12-14(8)9-6-10(15)11(16)7-13(9)17-12/h3-7H,2H2,1H3. The maximum Gasteiger partial charge on any atom is 0.162 e. The highest BCUT2D eigenvalue weighted by molar-refractivity contribution is 6.06. The molecule has 0 unspecified atom stereocenters. The first kappa shape index (κ1) is 10.3. The van der Waals surface area contributed by atoms with Crippen LogP contribution in [-0.4, -0.2) is 0 Å². The molecule has 0 radical (unpaired) electrons. The zero-order valence-corrected chi connectivity index (χ0v) is 9.26. The van der Waals surface area contributed by atoms with E-state index in [2.05, 4.69) is 0 Å². The van der Waals surface area contributed by atoms with E-state index in [4.69, 9.17) is 4.42 Å². The van der Waals surface area contributed by atoms with Gasteiger partial charge in [-0.1, -0.05) is 19.1 Å². The van der Waals surface area contributed by atoms with Crippen molar-refractivity contribution in [3.63, 3.8) is 0 Å². The lowest BCUT2D eigenvalue weighted by Crippen LogP contribution is -1.83. The van der Waals surface area contributed by atoms with E-state index in [-0.39, 0.29) is 0 Å². The van der Waals surface area contributed by atoms with E-state index in [0.29, 0.717) is 16.6 Å². The number of halogens is 2. The molecule has 0 saturated carbocycles. The second kappa shape index (κ2) is 3.55. The summed E-state index contributed by atoms with van der Waals surface area (Å²) in [6, 6.07) is 7.97. The Hall–Kier alpha value is -1.90. The summed E-state index contributed by atoms with van der Waals surface area (Å²) in [5.74, 6) is -1.72. The Kier molecular flexibility index (Phi) is 2.15. The quantitative estimate of drug-likeness (QED) is 0.605. The van der Waals surface area contributed by atoms with Gasteiger partial charge in [-0.3, -0.25) is 0 Å². The van der Waals surface area contributed by atoms with Gasteiger partial charge in [0.2, 0.25) is 0 Å². The fourth-order valence-corrected chi connectivity index (χ4v) is 2.19. The molecule has 86 valence electrons. The second-order valence-corrected chi connectivity index (χ2v) is 4.01. The fourth-order valence-electron chi connectivity index (χ4n) is 2.19. The van der Waals surface area contributed by atoms with Gasteiger partial charge in [-0.25, -0.2) is 8.78 Å². The summed E-state index contributed by atoms with van der Waals surface area (Å²) in [4.78, 5) is 0.